The molecular weight excluding hydrogens is 174 g/mol. The monoisotopic (exact) mass is 187 g/mol. The van der Waals surface area contributed by atoms with Crippen LogP contribution in [0.25, 0.3) is 0 Å². The van der Waals surface area contributed by atoms with Gasteiger partial charge in [0.2, 0.25) is 0 Å². The first-order chi connectivity index (χ1) is 6.86. The largest absolute Gasteiger partial charge is 0.468 e. The average Bonchev–Trinajstić information content (AvgIpc) is 2.72. The Hall–Kier alpha value is -1.54. The van der Waals surface area contributed by atoms with Crippen LogP contribution in [0.2, 0.25) is 0 Å². The molecule has 0 unspecified atom stereocenters. The second kappa shape index (κ2) is 4.11. The van der Waals surface area contributed by atoms with Crippen molar-refractivity contribution < 1.29 is 4.42 Å². The summed E-state index contributed by atoms with van der Waals surface area (Å²) in [4.78, 5) is 0. The van der Waals surface area contributed by atoms with E-state index in [1.165, 1.54) is 5.56 Å². The van der Waals surface area contributed by atoms with Gasteiger partial charge in [0.25, 0.3) is 0 Å². The van der Waals surface area contributed by atoms with Gasteiger partial charge in [0, 0.05) is 0 Å². The van der Waals surface area contributed by atoms with Crippen LogP contribution in [0.3, 0.4) is 0 Å². The maximum atomic E-state index is 5.98. The number of benzene rings is 1. The van der Waals surface area contributed by atoms with Gasteiger partial charge in [0.15, 0.2) is 0 Å². The summed E-state index contributed by atoms with van der Waals surface area (Å²) in [7, 11) is 0. The Labute approximate surface area is 83.4 Å². The summed E-state index contributed by atoms with van der Waals surface area (Å²) in [5, 5.41) is 0. The molecule has 0 aliphatic heterocycles. The Bertz CT molecular complexity index is 366. The molecule has 0 radical (unpaired) electrons. The third-order valence-corrected chi connectivity index (χ3v) is 2.21. The van der Waals surface area contributed by atoms with Crippen LogP contribution in [0.15, 0.2) is 53.1 Å². The van der Waals surface area contributed by atoms with Crippen LogP contribution in [-0.4, -0.2) is 0 Å². The van der Waals surface area contributed by atoms with Crippen molar-refractivity contribution >= 4 is 0 Å². The fourth-order valence-electron chi connectivity index (χ4n) is 1.47. The van der Waals surface area contributed by atoms with Crippen LogP contribution in [0.5, 0.6) is 0 Å². The second-order valence-corrected chi connectivity index (χ2v) is 3.31. The van der Waals surface area contributed by atoms with E-state index in [9.17, 15) is 0 Å². The van der Waals surface area contributed by atoms with E-state index in [-0.39, 0.29) is 6.04 Å². The van der Waals surface area contributed by atoms with Gasteiger partial charge >= 0.3 is 0 Å². The molecule has 0 fully saturated rings. The van der Waals surface area contributed by atoms with Crippen molar-refractivity contribution in [1.82, 2.24) is 0 Å². The summed E-state index contributed by atoms with van der Waals surface area (Å²) in [6, 6.07) is 13.9. The van der Waals surface area contributed by atoms with Gasteiger partial charge in [0.1, 0.15) is 5.76 Å². The van der Waals surface area contributed by atoms with Crippen LogP contribution < -0.4 is 5.73 Å². The molecule has 1 aromatic heterocycles. The molecule has 1 atom stereocenters. The highest BCUT2D eigenvalue weighted by Gasteiger charge is 2.08. The summed E-state index contributed by atoms with van der Waals surface area (Å²) < 4.78 is 5.24. The Balaban J connectivity index is 2.06. The van der Waals surface area contributed by atoms with Gasteiger partial charge in [-0.1, -0.05) is 30.3 Å². The molecule has 2 aromatic rings. The Kier molecular flexibility index (Phi) is 2.65. The van der Waals surface area contributed by atoms with E-state index in [0.717, 1.165) is 12.2 Å². The Morgan fingerprint density at radius 3 is 2.50 bits per heavy atom. The molecule has 2 N–H and O–H groups in total. The highest BCUT2D eigenvalue weighted by Crippen LogP contribution is 2.15. The first-order valence-corrected chi connectivity index (χ1v) is 4.69. The molecule has 72 valence electrons. The number of rotatable bonds is 3. The zero-order chi connectivity index (χ0) is 9.80. The van der Waals surface area contributed by atoms with E-state index in [1.807, 2.05) is 30.3 Å². The Morgan fingerprint density at radius 2 is 1.86 bits per heavy atom. The zero-order valence-electron chi connectivity index (χ0n) is 7.89. The first-order valence-electron chi connectivity index (χ1n) is 4.69. The minimum Gasteiger partial charge on any atom is -0.468 e. The van der Waals surface area contributed by atoms with Crippen molar-refractivity contribution in [2.75, 3.05) is 0 Å². The van der Waals surface area contributed by atoms with Crippen LogP contribution in [0.4, 0.5) is 0 Å². The standard InChI is InChI=1S/C12H13NO/c13-11(12-7-4-8-14-12)9-10-5-2-1-3-6-10/h1-8,11H,9,13H2/t11-/m0/s1. The molecule has 1 aromatic carbocycles. The zero-order valence-corrected chi connectivity index (χ0v) is 7.89. The molecule has 0 saturated heterocycles. The van der Waals surface area contributed by atoms with Gasteiger partial charge in [-0.25, -0.2) is 0 Å². The van der Waals surface area contributed by atoms with E-state index in [2.05, 4.69) is 12.1 Å². The molecule has 2 heteroatoms. The third kappa shape index (κ3) is 2.03. The van der Waals surface area contributed by atoms with Crippen LogP contribution in [0, 0.1) is 0 Å². The summed E-state index contributed by atoms with van der Waals surface area (Å²) in [5.74, 6) is 0.842. The van der Waals surface area contributed by atoms with Crippen molar-refractivity contribution in [2.45, 2.75) is 12.5 Å². The molecule has 0 amide bonds. The maximum absolute atomic E-state index is 5.98. The SMILES string of the molecule is N[C@@H](Cc1ccccc1)c1ccco1. The highest BCUT2D eigenvalue weighted by atomic mass is 16.3. The number of hydrogen-bond donors (Lipinski definition) is 1. The summed E-state index contributed by atoms with van der Waals surface area (Å²) in [6.45, 7) is 0. The molecule has 1 heterocycles. The first kappa shape index (κ1) is 9.03. The Morgan fingerprint density at radius 1 is 1.07 bits per heavy atom. The van der Waals surface area contributed by atoms with Gasteiger partial charge in [-0.15, -0.1) is 0 Å². The maximum Gasteiger partial charge on any atom is 0.120 e. The lowest BCUT2D eigenvalue weighted by Gasteiger charge is -2.07. The highest BCUT2D eigenvalue weighted by molar-refractivity contribution is 5.18. The van der Waals surface area contributed by atoms with E-state index < -0.39 is 0 Å². The summed E-state index contributed by atoms with van der Waals surface area (Å²) in [5.41, 5.74) is 7.21. The number of hydrogen-bond acceptors (Lipinski definition) is 2. The molecule has 14 heavy (non-hydrogen) atoms. The molecule has 0 aliphatic rings. The summed E-state index contributed by atoms with van der Waals surface area (Å²) >= 11 is 0. The van der Waals surface area contributed by atoms with Crippen LogP contribution >= 0.6 is 0 Å². The predicted octanol–water partition coefficient (Wildman–Crippen LogP) is 2.52. The normalized spacial score (nSPS) is 12.6. The van der Waals surface area contributed by atoms with Gasteiger partial charge in [-0.2, -0.15) is 0 Å². The van der Waals surface area contributed by atoms with Crippen molar-refractivity contribution in [3.8, 4) is 0 Å². The van der Waals surface area contributed by atoms with Crippen molar-refractivity contribution in [3.63, 3.8) is 0 Å². The second-order valence-electron chi connectivity index (χ2n) is 3.31. The van der Waals surface area contributed by atoms with Crippen molar-refractivity contribution in [2.24, 2.45) is 5.73 Å². The van der Waals surface area contributed by atoms with Gasteiger partial charge in [0.05, 0.1) is 12.3 Å². The van der Waals surface area contributed by atoms with Gasteiger partial charge < -0.3 is 10.2 Å². The number of nitrogens with two attached hydrogens (primary N) is 1. The lowest BCUT2D eigenvalue weighted by molar-refractivity contribution is 0.464. The van der Waals surface area contributed by atoms with E-state index in [1.54, 1.807) is 6.26 Å². The van der Waals surface area contributed by atoms with E-state index >= 15 is 0 Å². The lowest BCUT2D eigenvalue weighted by atomic mass is 10.1. The van der Waals surface area contributed by atoms with Gasteiger partial charge in [-0.3, -0.25) is 0 Å². The average molecular weight is 187 g/mol. The van der Waals surface area contributed by atoms with Crippen molar-refractivity contribution in [1.29, 1.82) is 0 Å². The van der Waals surface area contributed by atoms with Crippen molar-refractivity contribution in [3.05, 3.63) is 60.1 Å². The number of furan rings is 1. The third-order valence-electron chi connectivity index (χ3n) is 2.21. The van der Waals surface area contributed by atoms with Gasteiger partial charge in [-0.05, 0) is 24.1 Å². The molecule has 0 spiro atoms. The molecule has 2 rings (SSSR count). The lowest BCUT2D eigenvalue weighted by Crippen LogP contribution is -2.12. The van der Waals surface area contributed by atoms with Crippen LogP contribution in [-0.2, 0) is 6.42 Å². The van der Waals surface area contributed by atoms with Crippen LogP contribution in [0.1, 0.15) is 17.4 Å². The molecule has 2 nitrogen and oxygen atoms in total. The van der Waals surface area contributed by atoms with E-state index in [4.69, 9.17) is 10.2 Å². The molecule has 0 bridgehead atoms. The molecular formula is C12H13NO. The quantitative estimate of drug-likeness (QED) is 0.801. The predicted molar refractivity (Wildman–Crippen MR) is 55.8 cm³/mol. The minimum absolute atomic E-state index is 0.0487. The molecule has 0 saturated carbocycles. The fraction of sp³-hybridized carbons (Fsp3) is 0.167. The smallest absolute Gasteiger partial charge is 0.120 e. The summed E-state index contributed by atoms with van der Waals surface area (Å²) in [6.07, 6.45) is 2.47. The topological polar surface area (TPSA) is 39.2 Å². The minimum atomic E-state index is -0.0487. The molecule has 0 aliphatic carbocycles. The fourth-order valence-corrected chi connectivity index (χ4v) is 1.47. The van der Waals surface area contributed by atoms with E-state index in [0.29, 0.717) is 0 Å².